The number of aromatic nitrogens is 4. The van der Waals surface area contributed by atoms with Crippen LogP contribution >= 0.6 is 0 Å². The predicted molar refractivity (Wildman–Crippen MR) is 78.6 cm³/mol. The van der Waals surface area contributed by atoms with Gasteiger partial charge < -0.3 is 9.88 Å². The molecule has 0 bridgehead atoms. The molecule has 1 aromatic carbocycles. The van der Waals surface area contributed by atoms with Crippen molar-refractivity contribution in [2.45, 2.75) is 0 Å². The number of carbonyl (C=O) groups is 1. The summed E-state index contributed by atoms with van der Waals surface area (Å²) in [6.45, 7) is 0. The molecule has 0 spiro atoms. The summed E-state index contributed by atoms with van der Waals surface area (Å²) in [4.78, 5) is 24.0. The molecule has 2 aromatic heterocycles. The topological polar surface area (TPSA) is 72.7 Å². The van der Waals surface area contributed by atoms with Crippen molar-refractivity contribution in [2.24, 2.45) is 7.05 Å². The van der Waals surface area contributed by atoms with Gasteiger partial charge in [-0.2, -0.15) is 0 Å². The summed E-state index contributed by atoms with van der Waals surface area (Å²) in [6.07, 6.45) is 8.30. The van der Waals surface area contributed by atoms with Crippen molar-refractivity contribution >= 4 is 11.6 Å². The fourth-order valence-corrected chi connectivity index (χ4v) is 1.97. The third-order valence-electron chi connectivity index (χ3n) is 3.06. The second kappa shape index (κ2) is 5.54. The highest BCUT2D eigenvalue weighted by Gasteiger charge is 2.10. The van der Waals surface area contributed by atoms with Crippen LogP contribution < -0.4 is 5.32 Å². The van der Waals surface area contributed by atoms with E-state index >= 15 is 0 Å². The van der Waals surface area contributed by atoms with Crippen molar-refractivity contribution in [3.8, 4) is 11.1 Å². The molecule has 0 fully saturated rings. The molecular formula is C15H13N5O. The molecule has 6 heteroatoms. The van der Waals surface area contributed by atoms with Crippen molar-refractivity contribution in [1.29, 1.82) is 0 Å². The maximum absolute atomic E-state index is 12.0. The van der Waals surface area contributed by atoms with Crippen LogP contribution in [0.3, 0.4) is 0 Å². The molecule has 21 heavy (non-hydrogen) atoms. The SMILES string of the molecule is Cn1ccnc1C(=O)Nc1ccc(-c2cncnc2)cc1. The molecule has 0 saturated carbocycles. The van der Waals surface area contributed by atoms with Gasteiger partial charge >= 0.3 is 0 Å². The molecule has 0 aliphatic carbocycles. The van der Waals surface area contributed by atoms with Gasteiger partial charge in [-0.15, -0.1) is 0 Å². The number of nitrogens with zero attached hydrogens (tertiary/aromatic N) is 4. The summed E-state index contributed by atoms with van der Waals surface area (Å²) >= 11 is 0. The van der Waals surface area contributed by atoms with Gasteiger partial charge in [-0.05, 0) is 17.7 Å². The van der Waals surface area contributed by atoms with Crippen LogP contribution in [0.5, 0.6) is 0 Å². The van der Waals surface area contributed by atoms with Crippen LogP contribution in [0.25, 0.3) is 11.1 Å². The van der Waals surface area contributed by atoms with Crippen molar-refractivity contribution in [3.63, 3.8) is 0 Å². The Labute approximate surface area is 121 Å². The molecule has 0 radical (unpaired) electrons. The van der Waals surface area contributed by atoms with E-state index < -0.39 is 0 Å². The van der Waals surface area contributed by atoms with Gasteiger partial charge in [-0.3, -0.25) is 4.79 Å². The number of aryl methyl sites for hydroxylation is 1. The first-order valence-electron chi connectivity index (χ1n) is 6.38. The molecule has 6 nitrogen and oxygen atoms in total. The van der Waals surface area contributed by atoms with E-state index in [0.29, 0.717) is 11.5 Å². The minimum atomic E-state index is -0.238. The summed E-state index contributed by atoms with van der Waals surface area (Å²) < 4.78 is 1.67. The van der Waals surface area contributed by atoms with Gasteiger partial charge in [0.25, 0.3) is 5.91 Å². The fraction of sp³-hybridized carbons (Fsp3) is 0.0667. The monoisotopic (exact) mass is 279 g/mol. The summed E-state index contributed by atoms with van der Waals surface area (Å²) in [7, 11) is 1.78. The van der Waals surface area contributed by atoms with Crippen LogP contribution in [-0.4, -0.2) is 25.4 Å². The van der Waals surface area contributed by atoms with E-state index in [1.54, 1.807) is 36.4 Å². The number of amides is 1. The predicted octanol–water partition coefficient (Wildman–Crippen LogP) is 2.13. The van der Waals surface area contributed by atoms with Crippen LogP contribution in [0.2, 0.25) is 0 Å². The van der Waals surface area contributed by atoms with Crippen molar-refractivity contribution in [2.75, 3.05) is 5.32 Å². The van der Waals surface area contributed by atoms with E-state index in [4.69, 9.17) is 0 Å². The number of nitrogens with one attached hydrogen (secondary N) is 1. The molecular weight excluding hydrogens is 266 g/mol. The zero-order valence-electron chi connectivity index (χ0n) is 11.4. The Balaban J connectivity index is 1.76. The van der Waals surface area contributed by atoms with Gasteiger partial charge in [0.05, 0.1) is 0 Å². The Kier molecular flexibility index (Phi) is 3.42. The Morgan fingerprint density at radius 2 is 1.81 bits per heavy atom. The van der Waals surface area contributed by atoms with Gasteiger partial charge in [0.2, 0.25) is 0 Å². The number of benzene rings is 1. The maximum Gasteiger partial charge on any atom is 0.291 e. The number of hydrogen-bond donors (Lipinski definition) is 1. The van der Waals surface area contributed by atoms with E-state index in [2.05, 4.69) is 20.3 Å². The first-order valence-corrected chi connectivity index (χ1v) is 6.38. The smallest absolute Gasteiger partial charge is 0.291 e. The summed E-state index contributed by atoms with van der Waals surface area (Å²) in [5.41, 5.74) is 2.63. The summed E-state index contributed by atoms with van der Waals surface area (Å²) in [6, 6.07) is 7.49. The molecule has 3 aromatic rings. The second-order valence-electron chi connectivity index (χ2n) is 4.52. The van der Waals surface area contributed by atoms with Crippen LogP contribution in [0.1, 0.15) is 10.6 Å². The highest BCUT2D eigenvalue weighted by molar-refractivity contribution is 6.01. The fourth-order valence-electron chi connectivity index (χ4n) is 1.97. The molecule has 1 N–H and O–H groups in total. The quantitative estimate of drug-likeness (QED) is 0.797. The third-order valence-corrected chi connectivity index (χ3v) is 3.06. The zero-order valence-corrected chi connectivity index (χ0v) is 11.4. The number of carbonyl (C=O) groups excluding carboxylic acids is 1. The molecule has 2 heterocycles. The Bertz CT molecular complexity index is 749. The minimum Gasteiger partial charge on any atom is -0.330 e. The van der Waals surface area contributed by atoms with Crippen molar-refractivity contribution in [1.82, 2.24) is 19.5 Å². The van der Waals surface area contributed by atoms with Gasteiger partial charge in [0.1, 0.15) is 6.33 Å². The van der Waals surface area contributed by atoms with Crippen LogP contribution in [-0.2, 0) is 7.05 Å². The summed E-state index contributed by atoms with van der Waals surface area (Å²) in [5.74, 6) is 0.133. The average molecular weight is 279 g/mol. The summed E-state index contributed by atoms with van der Waals surface area (Å²) in [5, 5.41) is 2.81. The molecule has 1 amide bonds. The van der Waals surface area contributed by atoms with E-state index in [1.165, 1.54) is 6.33 Å². The Morgan fingerprint density at radius 1 is 1.10 bits per heavy atom. The van der Waals surface area contributed by atoms with E-state index in [-0.39, 0.29) is 5.91 Å². The number of rotatable bonds is 3. The number of hydrogen-bond acceptors (Lipinski definition) is 4. The molecule has 0 aliphatic rings. The first-order chi connectivity index (χ1) is 10.2. The number of imidazole rings is 1. The van der Waals surface area contributed by atoms with Crippen LogP contribution in [0.15, 0.2) is 55.4 Å². The largest absolute Gasteiger partial charge is 0.330 e. The molecule has 3 rings (SSSR count). The lowest BCUT2D eigenvalue weighted by Crippen LogP contribution is -2.16. The standard InChI is InChI=1S/C15H13N5O/c1-20-7-6-18-14(20)15(21)19-13-4-2-11(3-5-13)12-8-16-10-17-9-12/h2-10H,1H3,(H,19,21). The highest BCUT2D eigenvalue weighted by Crippen LogP contribution is 2.19. The lowest BCUT2D eigenvalue weighted by molar-refractivity contribution is 0.101. The Hall–Kier alpha value is -3.02. The molecule has 0 aliphatic heterocycles. The van der Waals surface area contributed by atoms with Crippen molar-refractivity contribution < 1.29 is 4.79 Å². The van der Waals surface area contributed by atoms with Crippen LogP contribution in [0, 0.1) is 0 Å². The van der Waals surface area contributed by atoms with E-state index in [1.807, 2.05) is 24.3 Å². The number of anilines is 1. The third kappa shape index (κ3) is 2.79. The van der Waals surface area contributed by atoms with E-state index in [9.17, 15) is 4.79 Å². The highest BCUT2D eigenvalue weighted by atomic mass is 16.2. The minimum absolute atomic E-state index is 0.238. The van der Waals surface area contributed by atoms with Crippen LogP contribution in [0.4, 0.5) is 5.69 Å². The van der Waals surface area contributed by atoms with Gasteiger partial charge in [-0.1, -0.05) is 12.1 Å². The molecule has 0 saturated heterocycles. The second-order valence-corrected chi connectivity index (χ2v) is 4.52. The average Bonchev–Trinajstić information content (AvgIpc) is 2.95. The lowest BCUT2D eigenvalue weighted by atomic mass is 10.1. The molecule has 0 unspecified atom stereocenters. The first kappa shape index (κ1) is 13.0. The van der Waals surface area contributed by atoms with Gasteiger partial charge in [0.15, 0.2) is 5.82 Å². The molecule has 0 atom stereocenters. The van der Waals surface area contributed by atoms with Gasteiger partial charge in [-0.25, -0.2) is 15.0 Å². The normalized spacial score (nSPS) is 10.3. The lowest BCUT2D eigenvalue weighted by Gasteiger charge is -2.06. The maximum atomic E-state index is 12.0. The zero-order chi connectivity index (χ0) is 14.7. The molecule has 104 valence electrons. The van der Waals surface area contributed by atoms with E-state index in [0.717, 1.165) is 11.1 Å². The van der Waals surface area contributed by atoms with Gasteiger partial charge in [0, 0.05) is 43.1 Å². The Morgan fingerprint density at radius 3 is 2.43 bits per heavy atom. The van der Waals surface area contributed by atoms with Crippen molar-refractivity contribution in [3.05, 3.63) is 61.2 Å².